The Morgan fingerprint density at radius 1 is 1.04 bits per heavy atom. The van der Waals surface area contributed by atoms with Crippen LogP contribution in [0.3, 0.4) is 0 Å². The van der Waals surface area contributed by atoms with Crippen LogP contribution >= 0.6 is 0 Å². The minimum Gasteiger partial charge on any atom is -0.349 e. The Bertz CT molecular complexity index is 503. The van der Waals surface area contributed by atoms with Crippen LogP contribution in [0.5, 0.6) is 0 Å². The Hall–Kier alpha value is -1.84. The molecule has 0 spiro atoms. The highest BCUT2D eigenvalue weighted by molar-refractivity contribution is 5.95. The molecule has 23 heavy (non-hydrogen) atoms. The number of carbonyl (C=O) groups is 2. The predicted molar refractivity (Wildman–Crippen MR) is 93.6 cm³/mol. The average molecular weight is 316 g/mol. The summed E-state index contributed by atoms with van der Waals surface area (Å²) in [7, 11) is 0. The molecule has 1 aromatic carbocycles. The van der Waals surface area contributed by atoms with E-state index in [2.05, 4.69) is 17.6 Å². The van der Waals surface area contributed by atoms with Crippen molar-refractivity contribution in [1.29, 1.82) is 0 Å². The second kappa shape index (κ2) is 9.33. The molecule has 0 heterocycles. The molecule has 0 aliphatic heterocycles. The van der Waals surface area contributed by atoms with Gasteiger partial charge in [-0.2, -0.15) is 0 Å². The first kappa shape index (κ1) is 17.5. The maximum absolute atomic E-state index is 12.3. The molecule has 0 radical (unpaired) electrons. The fourth-order valence-corrected chi connectivity index (χ4v) is 2.96. The summed E-state index contributed by atoms with van der Waals surface area (Å²) in [5, 5.41) is 6.00. The molecule has 0 aromatic heterocycles. The van der Waals surface area contributed by atoms with Crippen LogP contribution in [0.25, 0.3) is 0 Å². The van der Waals surface area contributed by atoms with Crippen LogP contribution in [0.1, 0.15) is 75.1 Å². The van der Waals surface area contributed by atoms with Crippen LogP contribution in [0.15, 0.2) is 24.3 Å². The lowest BCUT2D eigenvalue weighted by molar-refractivity contribution is -0.116. The van der Waals surface area contributed by atoms with E-state index in [1.54, 1.807) is 24.3 Å². The number of nitrogens with one attached hydrogen (secondary N) is 2. The number of amides is 2. The summed E-state index contributed by atoms with van der Waals surface area (Å²) in [5.41, 5.74) is 1.40. The Morgan fingerprint density at radius 2 is 1.70 bits per heavy atom. The maximum Gasteiger partial charge on any atom is 0.251 e. The zero-order valence-corrected chi connectivity index (χ0v) is 14.1. The number of unbranched alkanes of at least 4 members (excludes halogenated alkanes) is 1. The average Bonchev–Trinajstić information content (AvgIpc) is 2.82. The molecule has 0 atom stereocenters. The standard InChI is InChI=1S/C19H28N2O2/c1-2-3-10-18(22)20-17-13-11-15(12-14-17)19(23)21-16-8-6-4-5-7-9-16/h11-14,16H,2-10H2,1H3,(H,20,22)(H,21,23). The van der Waals surface area contributed by atoms with Crippen LogP contribution in [0, 0.1) is 0 Å². The van der Waals surface area contributed by atoms with Gasteiger partial charge in [-0.05, 0) is 43.5 Å². The molecule has 1 aliphatic carbocycles. The van der Waals surface area contributed by atoms with Crippen LogP contribution in [-0.4, -0.2) is 17.9 Å². The van der Waals surface area contributed by atoms with Gasteiger partial charge >= 0.3 is 0 Å². The van der Waals surface area contributed by atoms with Gasteiger partial charge in [0.15, 0.2) is 0 Å². The van der Waals surface area contributed by atoms with Crippen molar-refractivity contribution in [2.75, 3.05) is 5.32 Å². The molecule has 0 saturated heterocycles. The van der Waals surface area contributed by atoms with Crippen molar-refractivity contribution in [1.82, 2.24) is 5.32 Å². The monoisotopic (exact) mass is 316 g/mol. The lowest BCUT2D eigenvalue weighted by atomic mass is 10.1. The van der Waals surface area contributed by atoms with Gasteiger partial charge in [-0.25, -0.2) is 0 Å². The number of hydrogen-bond acceptors (Lipinski definition) is 2. The Balaban J connectivity index is 1.85. The fourth-order valence-electron chi connectivity index (χ4n) is 2.96. The summed E-state index contributed by atoms with van der Waals surface area (Å²) >= 11 is 0. The minimum absolute atomic E-state index is 0.0132. The Kier molecular flexibility index (Phi) is 7.11. The summed E-state index contributed by atoms with van der Waals surface area (Å²) in [6, 6.07) is 7.46. The lowest BCUT2D eigenvalue weighted by Crippen LogP contribution is -2.34. The summed E-state index contributed by atoms with van der Waals surface area (Å²) in [6.45, 7) is 2.06. The molecular formula is C19H28N2O2. The predicted octanol–water partition coefficient (Wildman–Crippen LogP) is 4.27. The Labute approximate surface area is 139 Å². The van der Waals surface area contributed by atoms with E-state index in [1.165, 1.54) is 25.7 Å². The third-order valence-electron chi connectivity index (χ3n) is 4.38. The van der Waals surface area contributed by atoms with E-state index < -0.39 is 0 Å². The molecule has 4 heteroatoms. The van der Waals surface area contributed by atoms with Gasteiger partial charge in [0.1, 0.15) is 0 Å². The molecule has 1 aliphatic rings. The van der Waals surface area contributed by atoms with Gasteiger partial charge in [-0.1, -0.05) is 39.0 Å². The zero-order valence-electron chi connectivity index (χ0n) is 14.1. The summed E-state index contributed by atoms with van der Waals surface area (Å²) in [6.07, 6.45) is 9.56. The van der Waals surface area contributed by atoms with E-state index in [-0.39, 0.29) is 11.8 Å². The van der Waals surface area contributed by atoms with E-state index in [1.807, 2.05) is 0 Å². The second-order valence-corrected chi connectivity index (χ2v) is 6.39. The van der Waals surface area contributed by atoms with Crippen LogP contribution in [0.2, 0.25) is 0 Å². The molecule has 2 N–H and O–H groups in total. The quantitative estimate of drug-likeness (QED) is 0.770. The molecule has 0 bridgehead atoms. The van der Waals surface area contributed by atoms with Crippen molar-refractivity contribution >= 4 is 17.5 Å². The number of rotatable bonds is 6. The third kappa shape index (κ3) is 6.05. The molecule has 1 saturated carbocycles. The molecule has 126 valence electrons. The van der Waals surface area contributed by atoms with E-state index in [0.717, 1.165) is 31.4 Å². The van der Waals surface area contributed by atoms with Crippen molar-refractivity contribution in [2.24, 2.45) is 0 Å². The SMILES string of the molecule is CCCCC(=O)Nc1ccc(C(=O)NC2CCCCCC2)cc1. The van der Waals surface area contributed by atoms with Crippen molar-refractivity contribution < 1.29 is 9.59 Å². The molecule has 2 amide bonds. The first-order valence-electron chi connectivity index (χ1n) is 8.90. The van der Waals surface area contributed by atoms with Crippen LogP contribution < -0.4 is 10.6 Å². The largest absolute Gasteiger partial charge is 0.349 e. The highest BCUT2D eigenvalue weighted by Gasteiger charge is 2.15. The molecule has 4 nitrogen and oxygen atoms in total. The highest BCUT2D eigenvalue weighted by atomic mass is 16.2. The summed E-state index contributed by atoms with van der Waals surface area (Å²) in [5.74, 6) is 0.0169. The third-order valence-corrected chi connectivity index (χ3v) is 4.38. The van der Waals surface area contributed by atoms with Gasteiger partial charge in [0.2, 0.25) is 5.91 Å². The van der Waals surface area contributed by atoms with Crippen molar-refractivity contribution in [2.45, 2.75) is 70.8 Å². The summed E-state index contributed by atoms with van der Waals surface area (Å²) in [4.78, 5) is 24.0. The number of anilines is 1. The zero-order chi connectivity index (χ0) is 16.5. The van der Waals surface area contributed by atoms with Crippen molar-refractivity contribution in [3.8, 4) is 0 Å². The van der Waals surface area contributed by atoms with Gasteiger partial charge in [-0.3, -0.25) is 9.59 Å². The van der Waals surface area contributed by atoms with Gasteiger partial charge in [0.25, 0.3) is 5.91 Å². The number of benzene rings is 1. The molecule has 2 rings (SSSR count). The second-order valence-electron chi connectivity index (χ2n) is 6.39. The topological polar surface area (TPSA) is 58.2 Å². The van der Waals surface area contributed by atoms with E-state index in [4.69, 9.17) is 0 Å². The fraction of sp³-hybridized carbons (Fsp3) is 0.579. The maximum atomic E-state index is 12.3. The smallest absolute Gasteiger partial charge is 0.251 e. The Morgan fingerprint density at radius 3 is 2.30 bits per heavy atom. The lowest BCUT2D eigenvalue weighted by Gasteiger charge is -2.16. The normalized spacial score (nSPS) is 15.7. The van der Waals surface area contributed by atoms with E-state index in [9.17, 15) is 9.59 Å². The van der Waals surface area contributed by atoms with Gasteiger partial charge in [0.05, 0.1) is 0 Å². The van der Waals surface area contributed by atoms with E-state index >= 15 is 0 Å². The first-order chi connectivity index (χ1) is 11.2. The van der Waals surface area contributed by atoms with Crippen LogP contribution in [0.4, 0.5) is 5.69 Å². The molecule has 0 unspecified atom stereocenters. The first-order valence-corrected chi connectivity index (χ1v) is 8.90. The number of carbonyl (C=O) groups excluding carboxylic acids is 2. The van der Waals surface area contributed by atoms with Crippen molar-refractivity contribution in [3.05, 3.63) is 29.8 Å². The van der Waals surface area contributed by atoms with Crippen molar-refractivity contribution in [3.63, 3.8) is 0 Å². The molecule has 1 fully saturated rings. The van der Waals surface area contributed by atoms with Gasteiger partial charge in [-0.15, -0.1) is 0 Å². The van der Waals surface area contributed by atoms with Gasteiger partial charge in [0, 0.05) is 23.7 Å². The van der Waals surface area contributed by atoms with E-state index in [0.29, 0.717) is 18.0 Å². The molecular weight excluding hydrogens is 288 g/mol. The minimum atomic E-state index is -0.0132. The van der Waals surface area contributed by atoms with Crippen LogP contribution in [-0.2, 0) is 4.79 Å². The number of hydrogen-bond donors (Lipinski definition) is 2. The highest BCUT2D eigenvalue weighted by Crippen LogP contribution is 2.18. The summed E-state index contributed by atoms with van der Waals surface area (Å²) < 4.78 is 0. The molecule has 1 aromatic rings. The van der Waals surface area contributed by atoms with Gasteiger partial charge < -0.3 is 10.6 Å².